The number of hydrogen-bond donors (Lipinski definition) is 0. The van der Waals surface area contributed by atoms with Crippen LogP contribution in [0.4, 0.5) is 5.69 Å². The number of hydrogen-bond acceptors (Lipinski definition) is 5. The number of carbonyl (C=O) groups excluding carboxylic acids is 1. The van der Waals surface area contributed by atoms with Crippen LogP contribution in [0.2, 0.25) is 0 Å². The van der Waals surface area contributed by atoms with Crippen LogP contribution < -0.4 is 0 Å². The Morgan fingerprint density at radius 3 is 2.55 bits per heavy atom. The Bertz CT molecular complexity index is 832. The van der Waals surface area contributed by atoms with Gasteiger partial charge in [-0.2, -0.15) is 0 Å². The van der Waals surface area contributed by atoms with Crippen LogP contribution in [0.5, 0.6) is 0 Å². The predicted molar refractivity (Wildman–Crippen MR) is 110 cm³/mol. The summed E-state index contributed by atoms with van der Waals surface area (Å²) in [6.07, 6.45) is 3.52. The molecule has 3 rings (SSSR count). The van der Waals surface area contributed by atoms with Crippen LogP contribution in [-0.4, -0.2) is 22.6 Å². The third kappa shape index (κ3) is 3.62. The number of rotatable bonds is 6. The number of ether oxygens (including phenoxy) is 2. The zero-order valence-corrected chi connectivity index (χ0v) is 17.3. The molecule has 6 heteroatoms. The van der Waals surface area contributed by atoms with Gasteiger partial charge < -0.3 is 9.47 Å². The third-order valence-electron chi connectivity index (χ3n) is 6.91. The Morgan fingerprint density at radius 2 is 2.07 bits per heavy atom. The first-order valence-corrected chi connectivity index (χ1v) is 9.98. The number of nitro benzene ring substituents is 1. The van der Waals surface area contributed by atoms with Crippen molar-refractivity contribution in [1.82, 2.24) is 0 Å². The van der Waals surface area contributed by atoms with Crippen LogP contribution >= 0.6 is 0 Å². The van der Waals surface area contributed by atoms with E-state index in [0.29, 0.717) is 13.0 Å². The molecule has 0 radical (unpaired) electrons. The van der Waals surface area contributed by atoms with E-state index >= 15 is 0 Å². The third-order valence-corrected chi connectivity index (χ3v) is 6.91. The van der Waals surface area contributed by atoms with Crippen molar-refractivity contribution in [3.63, 3.8) is 0 Å². The van der Waals surface area contributed by atoms with Crippen molar-refractivity contribution >= 4 is 11.7 Å². The number of esters is 1. The average molecular weight is 399 g/mol. The molecule has 1 heterocycles. The van der Waals surface area contributed by atoms with Gasteiger partial charge in [0.25, 0.3) is 5.69 Å². The summed E-state index contributed by atoms with van der Waals surface area (Å²) >= 11 is 0. The van der Waals surface area contributed by atoms with Gasteiger partial charge in [-0.1, -0.05) is 25.2 Å². The lowest BCUT2D eigenvalue weighted by atomic mass is 9.55. The minimum atomic E-state index is -0.673. The van der Waals surface area contributed by atoms with Gasteiger partial charge in [-0.3, -0.25) is 14.9 Å². The highest BCUT2D eigenvalue weighted by Gasteiger charge is 2.64. The molecule has 29 heavy (non-hydrogen) atoms. The Hall–Kier alpha value is -2.47. The van der Waals surface area contributed by atoms with Gasteiger partial charge in [-0.25, -0.2) is 0 Å². The molecule has 1 spiro atoms. The fourth-order valence-electron chi connectivity index (χ4n) is 4.92. The molecule has 2 aliphatic rings. The molecule has 0 bridgehead atoms. The quantitative estimate of drug-likeness (QED) is 0.292. The van der Waals surface area contributed by atoms with Crippen LogP contribution in [0.1, 0.15) is 45.6 Å². The van der Waals surface area contributed by atoms with E-state index in [2.05, 4.69) is 27.0 Å². The molecule has 6 nitrogen and oxygen atoms in total. The molecule has 1 saturated heterocycles. The fourth-order valence-corrected chi connectivity index (χ4v) is 4.92. The summed E-state index contributed by atoms with van der Waals surface area (Å²) in [6, 6.07) is 6.36. The number of non-ortho nitro benzene ring substituents is 1. The summed E-state index contributed by atoms with van der Waals surface area (Å²) in [6.45, 7) is 14.6. The monoisotopic (exact) mass is 399 g/mol. The Kier molecular flexibility index (Phi) is 5.68. The second-order valence-electron chi connectivity index (χ2n) is 8.66. The zero-order chi connectivity index (χ0) is 21.4. The Labute approximate surface area is 171 Å². The average Bonchev–Trinajstić information content (AvgIpc) is 2.97. The summed E-state index contributed by atoms with van der Waals surface area (Å²) in [4.78, 5) is 22.6. The molecule has 1 saturated carbocycles. The predicted octanol–water partition coefficient (Wildman–Crippen LogP) is 4.98. The minimum Gasteiger partial charge on any atom is -0.458 e. The van der Waals surface area contributed by atoms with Crippen LogP contribution in [0.3, 0.4) is 0 Å². The zero-order valence-electron chi connectivity index (χ0n) is 17.3. The van der Waals surface area contributed by atoms with Crippen molar-refractivity contribution in [2.45, 2.75) is 58.3 Å². The van der Waals surface area contributed by atoms with Crippen molar-refractivity contribution < 1.29 is 19.2 Å². The summed E-state index contributed by atoms with van der Waals surface area (Å²) in [7, 11) is 0. The summed E-state index contributed by atoms with van der Waals surface area (Å²) in [5, 5.41) is 10.9. The highest BCUT2D eigenvalue weighted by atomic mass is 16.6. The Balaban J connectivity index is 1.88. The van der Waals surface area contributed by atoms with Gasteiger partial charge in [0.15, 0.2) is 0 Å². The van der Waals surface area contributed by atoms with Crippen molar-refractivity contribution in [2.24, 2.45) is 17.3 Å². The highest BCUT2D eigenvalue weighted by molar-refractivity contribution is 5.73. The Morgan fingerprint density at radius 1 is 1.41 bits per heavy atom. The van der Waals surface area contributed by atoms with E-state index < -0.39 is 15.9 Å². The molecule has 1 aliphatic carbocycles. The number of benzene rings is 1. The normalized spacial score (nSPS) is 34.0. The number of carbonyl (C=O) groups is 1. The molecule has 0 aromatic heterocycles. The summed E-state index contributed by atoms with van der Waals surface area (Å²) in [5.74, 6) is 0.0471. The molecule has 0 amide bonds. The first kappa shape index (κ1) is 21.2. The lowest BCUT2D eigenvalue weighted by molar-refractivity contribution is -0.384. The van der Waals surface area contributed by atoms with E-state index in [1.807, 2.05) is 13.0 Å². The molecule has 1 aromatic rings. The number of nitro groups is 1. The van der Waals surface area contributed by atoms with Crippen LogP contribution in [-0.2, 0) is 20.9 Å². The molecule has 0 N–H and O–H groups in total. The molecule has 2 fully saturated rings. The van der Waals surface area contributed by atoms with E-state index in [-0.39, 0.29) is 29.6 Å². The first-order chi connectivity index (χ1) is 13.6. The molecule has 5 atom stereocenters. The number of allylic oxidation sites excluding steroid dienone is 1. The number of nitrogens with zero attached hydrogens (tertiary/aromatic N) is 1. The van der Waals surface area contributed by atoms with Crippen LogP contribution in [0.15, 0.2) is 49.1 Å². The lowest BCUT2D eigenvalue weighted by Gasteiger charge is -2.55. The molecule has 156 valence electrons. The maximum absolute atomic E-state index is 12.2. The summed E-state index contributed by atoms with van der Waals surface area (Å²) < 4.78 is 12.4. The van der Waals surface area contributed by atoms with Crippen LogP contribution in [0, 0.1) is 27.4 Å². The van der Waals surface area contributed by atoms with Crippen molar-refractivity contribution in [3.05, 3.63) is 64.8 Å². The summed E-state index contributed by atoms with van der Waals surface area (Å²) in [5.41, 5.74) is 0.731. The molecule has 1 aliphatic heterocycles. The maximum atomic E-state index is 12.2. The van der Waals surface area contributed by atoms with Crippen molar-refractivity contribution in [2.75, 3.05) is 0 Å². The second-order valence-corrected chi connectivity index (χ2v) is 8.66. The first-order valence-electron chi connectivity index (χ1n) is 9.98. The second kappa shape index (κ2) is 7.75. The van der Waals surface area contributed by atoms with Gasteiger partial charge in [0, 0.05) is 18.1 Å². The van der Waals surface area contributed by atoms with E-state index in [1.54, 1.807) is 12.1 Å². The van der Waals surface area contributed by atoms with Crippen molar-refractivity contribution in [1.29, 1.82) is 0 Å². The van der Waals surface area contributed by atoms with Crippen molar-refractivity contribution in [3.8, 4) is 0 Å². The van der Waals surface area contributed by atoms with Gasteiger partial charge in [0.1, 0.15) is 5.60 Å². The van der Waals surface area contributed by atoms with Gasteiger partial charge in [0.2, 0.25) is 0 Å². The van der Waals surface area contributed by atoms with E-state index in [9.17, 15) is 14.9 Å². The molecular weight excluding hydrogens is 370 g/mol. The van der Waals surface area contributed by atoms with Gasteiger partial charge in [-0.15, -0.1) is 6.58 Å². The van der Waals surface area contributed by atoms with Gasteiger partial charge in [0.05, 0.1) is 29.5 Å². The standard InChI is InChI=1S/C23H29NO5/c1-6-22(5)20(28-14-17-7-9-19(10-8-17)24(26)27)12-18(15(2)3)13-23(22)16(4)11-21(25)29-23/h6-10,16,18,20H,1-2,11-14H2,3-5H3/t16-,18-,20+,22+,23+/m1/s1. The van der Waals surface area contributed by atoms with E-state index in [4.69, 9.17) is 9.47 Å². The smallest absolute Gasteiger partial charge is 0.306 e. The lowest BCUT2D eigenvalue weighted by Crippen LogP contribution is -2.60. The highest BCUT2D eigenvalue weighted by Crippen LogP contribution is 2.58. The molecular formula is C23H29NO5. The van der Waals surface area contributed by atoms with E-state index in [1.165, 1.54) is 12.1 Å². The maximum Gasteiger partial charge on any atom is 0.306 e. The fraction of sp³-hybridized carbons (Fsp3) is 0.522. The van der Waals surface area contributed by atoms with Gasteiger partial charge >= 0.3 is 5.97 Å². The van der Waals surface area contributed by atoms with E-state index in [0.717, 1.165) is 24.0 Å². The molecule has 1 aromatic carbocycles. The van der Waals surface area contributed by atoms with Gasteiger partial charge in [-0.05, 0) is 50.3 Å². The molecule has 0 unspecified atom stereocenters. The SMILES string of the molecule is C=C[C@@]1(C)[C@@H](OCc2ccc([N+](=O)[O-])cc2)C[C@@H](C(=C)C)C[C@@]12OC(=O)C[C@H]2C. The minimum absolute atomic E-state index is 0.0469. The largest absolute Gasteiger partial charge is 0.458 e. The topological polar surface area (TPSA) is 78.7 Å². The van der Waals surface area contributed by atoms with Crippen LogP contribution in [0.25, 0.3) is 0 Å².